The van der Waals surface area contributed by atoms with E-state index in [1.54, 1.807) is 0 Å². The number of halogens is 2. The third kappa shape index (κ3) is 3.22. The van der Waals surface area contributed by atoms with E-state index < -0.39 is 28.3 Å². The molecule has 1 unspecified atom stereocenters. The molecule has 0 aliphatic carbocycles. The van der Waals surface area contributed by atoms with Crippen LogP contribution in [0.3, 0.4) is 0 Å². The van der Waals surface area contributed by atoms with E-state index in [4.69, 9.17) is 5.73 Å². The summed E-state index contributed by atoms with van der Waals surface area (Å²) in [6.45, 7) is 5.58. The molecule has 0 saturated heterocycles. The van der Waals surface area contributed by atoms with Gasteiger partial charge in [-0.3, -0.25) is 10.1 Å². The zero-order valence-electron chi connectivity index (χ0n) is 10.5. The maximum atomic E-state index is 13.4. The summed E-state index contributed by atoms with van der Waals surface area (Å²) in [5.41, 5.74) is 4.86. The van der Waals surface area contributed by atoms with Crippen molar-refractivity contribution in [3.05, 3.63) is 39.4 Å². The number of nitro benzene ring substituents is 1. The Kier molecular flexibility index (Phi) is 4.01. The molecule has 0 aromatic heterocycles. The zero-order chi connectivity index (χ0) is 14.1. The molecule has 6 heteroatoms. The smallest absolute Gasteiger partial charge is 0.308 e. The standard InChI is InChI=1S/C12H16F2N2O2/c1-12(2,3)10(15)5-7-4-8(13)6-9(14)11(7)16(17)18/h4,6,10H,5,15H2,1-3H3. The molecule has 1 aromatic rings. The normalized spacial score (nSPS) is 13.4. The number of nitro groups is 1. The molecular weight excluding hydrogens is 242 g/mol. The first-order valence-corrected chi connectivity index (χ1v) is 5.51. The van der Waals surface area contributed by atoms with Gasteiger partial charge in [0.15, 0.2) is 0 Å². The maximum absolute atomic E-state index is 13.4. The summed E-state index contributed by atoms with van der Waals surface area (Å²) >= 11 is 0. The highest BCUT2D eigenvalue weighted by atomic mass is 19.1. The highest BCUT2D eigenvalue weighted by molar-refractivity contribution is 5.42. The van der Waals surface area contributed by atoms with Crippen LogP contribution in [0.5, 0.6) is 0 Å². The summed E-state index contributed by atoms with van der Waals surface area (Å²) in [5, 5.41) is 10.8. The van der Waals surface area contributed by atoms with Crippen molar-refractivity contribution in [2.45, 2.75) is 33.2 Å². The van der Waals surface area contributed by atoms with Crippen LogP contribution in [-0.2, 0) is 6.42 Å². The highest BCUT2D eigenvalue weighted by Gasteiger charge is 2.27. The molecule has 0 saturated carbocycles. The van der Waals surface area contributed by atoms with Crippen molar-refractivity contribution in [2.75, 3.05) is 0 Å². The molecule has 18 heavy (non-hydrogen) atoms. The number of benzene rings is 1. The molecule has 1 atom stereocenters. The van der Waals surface area contributed by atoms with E-state index in [1.165, 1.54) is 0 Å². The van der Waals surface area contributed by atoms with E-state index in [0.29, 0.717) is 6.07 Å². The van der Waals surface area contributed by atoms with Gasteiger partial charge in [0.2, 0.25) is 5.82 Å². The Labute approximate surface area is 104 Å². The first-order chi connectivity index (χ1) is 8.12. The summed E-state index contributed by atoms with van der Waals surface area (Å²) in [5.74, 6) is -2.01. The van der Waals surface area contributed by atoms with E-state index in [1.807, 2.05) is 20.8 Å². The molecule has 0 heterocycles. The lowest BCUT2D eigenvalue weighted by Gasteiger charge is -2.26. The van der Waals surface area contributed by atoms with Gasteiger partial charge in [-0.1, -0.05) is 20.8 Å². The Bertz CT molecular complexity index is 470. The van der Waals surface area contributed by atoms with Crippen molar-refractivity contribution < 1.29 is 13.7 Å². The predicted octanol–water partition coefficient (Wildman–Crippen LogP) is 2.79. The van der Waals surface area contributed by atoms with Gasteiger partial charge in [0.1, 0.15) is 5.82 Å². The van der Waals surface area contributed by atoms with Crippen LogP contribution in [0, 0.1) is 27.2 Å². The average Bonchev–Trinajstić information content (AvgIpc) is 2.13. The van der Waals surface area contributed by atoms with Gasteiger partial charge in [0.05, 0.1) is 4.92 Å². The van der Waals surface area contributed by atoms with Crippen molar-refractivity contribution in [3.8, 4) is 0 Å². The molecule has 0 radical (unpaired) electrons. The molecule has 100 valence electrons. The minimum atomic E-state index is -1.17. The molecule has 0 spiro atoms. The maximum Gasteiger partial charge on any atom is 0.308 e. The number of hydrogen-bond donors (Lipinski definition) is 1. The molecule has 4 nitrogen and oxygen atoms in total. The SMILES string of the molecule is CC(C)(C)C(N)Cc1cc(F)cc(F)c1[N+](=O)[O-]. The van der Waals surface area contributed by atoms with Crippen molar-refractivity contribution in [1.29, 1.82) is 0 Å². The van der Waals surface area contributed by atoms with Crippen molar-refractivity contribution in [2.24, 2.45) is 11.1 Å². The van der Waals surface area contributed by atoms with Crippen molar-refractivity contribution in [3.63, 3.8) is 0 Å². The van der Waals surface area contributed by atoms with Crippen LogP contribution in [0.1, 0.15) is 26.3 Å². The molecule has 0 aliphatic rings. The molecule has 0 fully saturated rings. The van der Waals surface area contributed by atoms with E-state index in [0.717, 1.165) is 6.07 Å². The van der Waals surface area contributed by atoms with Gasteiger partial charge in [-0.05, 0) is 17.9 Å². The first kappa shape index (κ1) is 14.5. The van der Waals surface area contributed by atoms with Crippen molar-refractivity contribution >= 4 is 5.69 Å². The predicted molar refractivity (Wildman–Crippen MR) is 64.1 cm³/mol. The Morgan fingerprint density at radius 2 is 1.94 bits per heavy atom. The van der Waals surface area contributed by atoms with Gasteiger partial charge in [0.25, 0.3) is 0 Å². The lowest BCUT2D eigenvalue weighted by molar-refractivity contribution is -0.388. The minimum absolute atomic E-state index is 0.0140. The second-order valence-electron chi connectivity index (χ2n) is 5.33. The second kappa shape index (κ2) is 4.97. The summed E-state index contributed by atoms with van der Waals surface area (Å²) in [4.78, 5) is 9.94. The van der Waals surface area contributed by atoms with Crippen molar-refractivity contribution in [1.82, 2.24) is 0 Å². The van der Waals surface area contributed by atoms with Crippen LogP contribution in [0.25, 0.3) is 0 Å². The van der Waals surface area contributed by atoms with E-state index in [-0.39, 0.29) is 17.4 Å². The molecule has 1 aromatic carbocycles. The topological polar surface area (TPSA) is 69.2 Å². The fourth-order valence-electron chi connectivity index (χ4n) is 1.52. The quantitative estimate of drug-likeness (QED) is 0.669. The second-order valence-corrected chi connectivity index (χ2v) is 5.33. The van der Waals surface area contributed by atoms with Crippen LogP contribution >= 0.6 is 0 Å². The zero-order valence-corrected chi connectivity index (χ0v) is 10.5. The number of nitrogens with zero attached hydrogens (tertiary/aromatic N) is 1. The summed E-state index contributed by atoms with van der Waals surface area (Å²) < 4.78 is 26.5. The van der Waals surface area contributed by atoms with E-state index in [9.17, 15) is 18.9 Å². The summed E-state index contributed by atoms with van der Waals surface area (Å²) in [6, 6.07) is 1.04. The lowest BCUT2D eigenvalue weighted by Crippen LogP contribution is -2.37. The van der Waals surface area contributed by atoms with Crippen LogP contribution in [0.2, 0.25) is 0 Å². The fourth-order valence-corrected chi connectivity index (χ4v) is 1.52. The molecule has 1 rings (SSSR count). The van der Waals surface area contributed by atoms with Crippen LogP contribution in [0.4, 0.5) is 14.5 Å². The van der Waals surface area contributed by atoms with Gasteiger partial charge in [-0.2, -0.15) is 4.39 Å². The largest absolute Gasteiger partial charge is 0.327 e. The average molecular weight is 258 g/mol. The van der Waals surface area contributed by atoms with Gasteiger partial charge in [0, 0.05) is 17.7 Å². The summed E-state index contributed by atoms with van der Waals surface area (Å²) in [6.07, 6.45) is 0.0501. The Balaban J connectivity index is 3.19. The Morgan fingerprint density at radius 3 is 2.39 bits per heavy atom. The summed E-state index contributed by atoms with van der Waals surface area (Å²) in [7, 11) is 0. The molecule has 0 bridgehead atoms. The van der Waals surface area contributed by atoms with Crippen LogP contribution in [-0.4, -0.2) is 11.0 Å². The first-order valence-electron chi connectivity index (χ1n) is 5.51. The van der Waals surface area contributed by atoms with Gasteiger partial charge in [-0.25, -0.2) is 4.39 Å². The van der Waals surface area contributed by atoms with E-state index in [2.05, 4.69) is 0 Å². The number of hydrogen-bond acceptors (Lipinski definition) is 3. The third-order valence-electron chi connectivity index (χ3n) is 2.84. The number of nitrogens with two attached hydrogens (primary N) is 1. The molecule has 0 aliphatic heterocycles. The fraction of sp³-hybridized carbons (Fsp3) is 0.500. The monoisotopic (exact) mass is 258 g/mol. The highest BCUT2D eigenvalue weighted by Crippen LogP contribution is 2.28. The van der Waals surface area contributed by atoms with Gasteiger partial charge >= 0.3 is 5.69 Å². The minimum Gasteiger partial charge on any atom is -0.327 e. The van der Waals surface area contributed by atoms with E-state index >= 15 is 0 Å². The van der Waals surface area contributed by atoms with Gasteiger partial charge in [-0.15, -0.1) is 0 Å². The molecule has 0 amide bonds. The lowest BCUT2D eigenvalue weighted by atomic mass is 9.83. The number of rotatable bonds is 3. The molecule has 2 N–H and O–H groups in total. The molecular formula is C12H16F2N2O2. The van der Waals surface area contributed by atoms with Crippen LogP contribution < -0.4 is 5.73 Å². The third-order valence-corrected chi connectivity index (χ3v) is 2.84. The Hall–Kier alpha value is -1.56. The van der Waals surface area contributed by atoms with Gasteiger partial charge < -0.3 is 5.73 Å². The Morgan fingerprint density at radius 1 is 1.39 bits per heavy atom. The van der Waals surface area contributed by atoms with Crippen LogP contribution in [0.15, 0.2) is 12.1 Å².